The van der Waals surface area contributed by atoms with Crippen molar-refractivity contribution in [1.82, 2.24) is 15.1 Å². The van der Waals surface area contributed by atoms with Crippen LogP contribution in [-0.2, 0) is 4.79 Å². The van der Waals surface area contributed by atoms with E-state index in [1.54, 1.807) is 0 Å². The molecule has 0 radical (unpaired) electrons. The summed E-state index contributed by atoms with van der Waals surface area (Å²) in [4.78, 5) is 17.4. The van der Waals surface area contributed by atoms with E-state index in [9.17, 15) is 4.79 Å². The first-order chi connectivity index (χ1) is 9.43. The highest BCUT2D eigenvalue weighted by molar-refractivity contribution is 5.82. The smallest absolute Gasteiger partial charge is 0.228 e. The van der Waals surface area contributed by atoms with E-state index in [2.05, 4.69) is 42.8 Å². The van der Waals surface area contributed by atoms with Crippen LogP contribution in [0.4, 0.5) is 0 Å². The molecule has 0 bridgehead atoms. The van der Waals surface area contributed by atoms with Crippen molar-refractivity contribution in [3.63, 3.8) is 0 Å². The van der Waals surface area contributed by atoms with Crippen molar-refractivity contribution in [2.24, 2.45) is 11.3 Å². The molecule has 20 heavy (non-hydrogen) atoms. The molecular formula is C16H31N3O. The number of carbonyl (C=O) groups excluding carboxylic acids is 1. The van der Waals surface area contributed by atoms with E-state index in [0.717, 1.165) is 39.3 Å². The molecule has 1 atom stereocenters. The fourth-order valence-electron chi connectivity index (χ4n) is 3.49. The molecule has 2 saturated heterocycles. The first kappa shape index (κ1) is 15.8. The van der Waals surface area contributed by atoms with Gasteiger partial charge in [0.25, 0.3) is 0 Å². The molecule has 0 saturated carbocycles. The molecule has 0 aromatic heterocycles. The fraction of sp³-hybridized carbons (Fsp3) is 0.938. The standard InChI is InChI=1S/C16H31N3O/c1-13(2)18-8-10-19(11-9-18)15(20)16(3,4)14-6-5-7-17-12-14/h13-14,17H,5-12H2,1-4H3. The van der Waals surface area contributed by atoms with E-state index < -0.39 is 0 Å². The highest BCUT2D eigenvalue weighted by Crippen LogP contribution is 2.34. The molecule has 1 N–H and O–H groups in total. The number of amides is 1. The van der Waals surface area contributed by atoms with Crippen LogP contribution >= 0.6 is 0 Å². The molecule has 116 valence electrons. The molecule has 0 spiro atoms. The van der Waals surface area contributed by atoms with E-state index in [1.807, 2.05) is 0 Å². The van der Waals surface area contributed by atoms with Crippen LogP contribution in [-0.4, -0.2) is 61.0 Å². The van der Waals surface area contributed by atoms with Gasteiger partial charge in [0.1, 0.15) is 0 Å². The first-order valence-electron chi connectivity index (χ1n) is 8.17. The largest absolute Gasteiger partial charge is 0.340 e. The molecule has 4 heteroatoms. The van der Waals surface area contributed by atoms with Gasteiger partial charge in [-0.05, 0) is 45.7 Å². The predicted octanol–water partition coefficient (Wildman–Crippen LogP) is 1.56. The van der Waals surface area contributed by atoms with Crippen molar-refractivity contribution in [3.8, 4) is 0 Å². The summed E-state index contributed by atoms with van der Waals surface area (Å²) in [5.74, 6) is 0.835. The maximum absolute atomic E-state index is 12.9. The monoisotopic (exact) mass is 281 g/mol. The van der Waals surface area contributed by atoms with Crippen LogP contribution in [0.1, 0.15) is 40.5 Å². The minimum absolute atomic E-state index is 0.229. The van der Waals surface area contributed by atoms with Crippen LogP contribution < -0.4 is 5.32 Å². The lowest BCUT2D eigenvalue weighted by Gasteiger charge is -2.43. The Morgan fingerprint density at radius 3 is 2.35 bits per heavy atom. The highest BCUT2D eigenvalue weighted by Gasteiger charge is 2.40. The number of rotatable bonds is 3. The van der Waals surface area contributed by atoms with Gasteiger partial charge in [0.05, 0.1) is 0 Å². The average Bonchev–Trinajstić information content (AvgIpc) is 2.47. The van der Waals surface area contributed by atoms with Crippen molar-refractivity contribution in [3.05, 3.63) is 0 Å². The van der Waals surface area contributed by atoms with Gasteiger partial charge in [-0.3, -0.25) is 9.69 Å². The summed E-state index contributed by atoms with van der Waals surface area (Å²) >= 11 is 0. The zero-order valence-corrected chi connectivity index (χ0v) is 13.6. The third kappa shape index (κ3) is 3.34. The Morgan fingerprint density at radius 2 is 1.85 bits per heavy atom. The van der Waals surface area contributed by atoms with Crippen molar-refractivity contribution in [1.29, 1.82) is 0 Å². The van der Waals surface area contributed by atoms with E-state index in [1.165, 1.54) is 12.8 Å². The van der Waals surface area contributed by atoms with Crippen LogP contribution in [0, 0.1) is 11.3 Å². The summed E-state index contributed by atoms with van der Waals surface area (Å²) in [6.45, 7) is 14.7. The molecule has 4 nitrogen and oxygen atoms in total. The van der Waals surface area contributed by atoms with Gasteiger partial charge in [0.2, 0.25) is 5.91 Å². The summed E-state index contributed by atoms with van der Waals surface area (Å²) in [5.41, 5.74) is -0.229. The predicted molar refractivity (Wildman–Crippen MR) is 82.7 cm³/mol. The van der Waals surface area contributed by atoms with E-state index >= 15 is 0 Å². The molecule has 1 amide bonds. The summed E-state index contributed by atoms with van der Waals surface area (Å²) in [6.07, 6.45) is 2.38. The molecule has 2 rings (SSSR count). The van der Waals surface area contributed by atoms with Gasteiger partial charge < -0.3 is 10.2 Å². The molecule has 2 heterocycles. The second kappa shape index (κ2) is 6.44. The van der Waals surface area contributed by atoms with Crippen LogP contribution in [0.2, 0.25) is 0 Å². The first-order valence-corrected chi connectivity index (χ1v) is 8.17. The van der Waals surface area contributed by atoms with Crippen molar-refractivity contribution >= 4 is 5.91 Å². The average molecular weight is 281 g/mol. The molecule has 0 aromatic carbocycles. The minimum atomic E-state index is -0.229. The molecule has 2 fully saturated rings. The summed E-state index contributed by atoms with van der Waals surface area (Å²) in [6, 6.07) is 0.586. The number of hydrogen-bond acceptors (Lipinski definition) is 3. The van der Waals surface area contributed by atoms with Crippen LogP contribution in [0.3, 0.4) is 0 Å². The Morgan fingerprint density at radius 1 is 1.20 bits per heavy atom. The lowest BCUT2D eigenvalue weighted by atomic mass is 9.74. The van der Waals surface area contributed by atoms with Gasteiger partial charge >= 0.3 is 0 Å². The second-order valence-corrected chi connectivity index (χ2v) is 7.19. The highest BCUT2D eigenvalue weighted by atomic mass is 16.2. The lowest BCUT2D eigenvalue weighted by Crippen LogP contribution is -2.55. The third-order valence-electron chi connectivity index (χ3n) is 5.20. The van der Waals surface area contributed by atoms with Gasteiger partial charge in [-0.15, -0.1) is 0 Å². The summed E-state index contributed by atoms with van der Waals surface area (Å²) in [7, 11) is 0. The molecule has 0 aromatic rings. The molecule has 2 aliphatic heterocycles. The van der Waals surface area contributed by atoms with Crippen molar-refractivity contribution in [2.45, 2.75) is 46.6 Å². The zero-order chi connectivity index (χ0) is 14.8. The quantitative estimate of drug-likeness (QED) is 0.853. The Hall–Kier alpha value is -0.610. The Balaban J connectivity index is 1.93. The second-order valence-electron chi connectivity index (χ2n) is 7.19. The maximum Gasteiger partial charge on any atom is 0.228 e. The fourth-order valence-corrected chi connectivity index (χ4v) is 3.49. The lowest BCUT2D eigenvalue weighted by molar-refractivity contribution is -0.145. The molecule has 0 aliphatic carbocycles. The third-order valence-corrected chi connectivity index (χ3v) is 5.20. The Kier molecular flexibility index (Phi) is 5.08. The minimum Gasteiger partial charge on any atom is -0.340 e. The number of nitrogens with zero attached hydrogens (tertiary/aromatic N) is 2. The molecule has 1 unspecified atom stereocenters. The van der Waals surface area contributed by atoms with Gasteiger partial charge in [-0.1, -0.05) is 13.8 Å². The van der Waals surface area contributed by atoms with Crippen LogP contribution in [0.15, 0.2) is 0 Å². The van der Waals surface area contributed by atoms with E-state index in [-0.39, 0.29) is 5.41 Å². The SMILES string of the molecule is CC(C)N1CCN(C(=O)C(C)(C)C2CCCNC2)CC1. The number of piperazine rings is 1. The number of hydrogen-bond donors (Lipinski definition) is 1. The van der Waals surface area contributed by atoms with Crippen molar-refractivity contribution < 1.29 is 4.79 Å². The number of piperidine rings is 1. The van der Waals surface area contributed by atoms with Crippen LogP contribution in [0.25, 0.3) is 0 Å². The maximum atomic E-state index is 12.9. The number of carbonyl (C=O) groups is 1. The Bertz CT molecular complexity index is 327. The van der Waals surface area contributed by atoms with Gasteiger partial charge in [0, 0.05) is 37.6 Å². The van der Waals surface area contributed by atoms with E-state index in [4.69, 9.17) is 0 Å². The van der Waals surface area contributed by atoms with Crippen LogP contribution in [0.5, 0.6) is 0 Å². The van der Waals surface area contributed by atoms with Gasteiger partial charge in [0.15, 0.2) is 0 Å². The van der Waals surface area contributed by atoms with Gasteiger partial charge in [-0.25, -0.2) is 0 Å². The topological polar surface area (TPSA) is 35.6 Å². The molecule has 2 aliphatic rings. The summed E-state index contributed by atoms with van der Waals surface area (Å²) < 4.78 is 0. The zero-order valence-electron chi connectivity index (χ0n) is 13.6. The normalized spacial score (nSPS) is 26.1. The van der Waals surface area contributed by atoms with Gasteiger partial charge in [-0.2, -0.15) is 0 Å². The summed E-state index contributed by atoms with van der Waals surface area (Å²) in [5, 5.41) is 3.44. The molecular weight excluding hydrogens is 250 g/mol. The number of nitrogens with one attached hydrogen (secondary N) is 1. The Labute approximate surface area is 123 Å². The van der Waals surface area contributed by atoms with E-state index in [0.29, 0.717) is 17.9 Å². The van der Waals surface area contributed by atoms with Crippen molar-refractivity contribution in [2.75, 3.05) is 39.3 Å².